The minimum absolute atomic E-state index is 0.0205. The van der Waals surface area contributed by atoms with Crippen LogP contribution in [-0.2, 0) is 19.1 Å². The van der Waals surface area contributed by atoms with Crippen LogP contribution in [0, 0.1) is 0 Å². The third-order valence-electron chi connectivity index (χ3n) is 9.42. The molecule has 47 heavy (non-hydrogen) atoms. The fourth-order valence-electron chi connectivity index (χ4n) is 6.33. The highest BCUT2D eigenvalue weighted by Gasteiger charge is 2.19. The van der Waals surface area contributed by atoms with E-state index < -0.39 is 12.0 Å². The first kappa shape index (κ1) is 45.4. The molecule has 0 aromatic heterocycles. The van der Waals surface area contributed by atoms with Crippen molar-refractivity contribution in [1.29, 1.82) is 0 Å². The molecule has 0 aliphatic carbocycles. The van der Waals surface area contributed by atoms with Gasteiger partial charge in [0.1, 0.15) is 12.1 Å². The van der Waals surface area contributed by atoms with Gasteiger partial charge in [-0.25, -0.2) is 4.79 Å². The molecule has 0 saturated heterocycles. The quantitative estimate of drug-likeness (QED) is 0.0448. The summed E-state index contributed by atoms with van der Waals surface area (Å²) in [6.45, 7) is 4.93. The smallest absolute Gasteiger partial charge is 0.326 e. The minimum atomic E-state index is -1.00. The van der Waals surface area contributed by atoms with E-state index in [1.165, 1.54) is 116 Å². The molecular formula is C40H78N2O5. The lowest BCUT2D eigenvalue weighted by molar-refractivity contribution is -0.150. The zero-order valence-electron chi connectivity index (χ0n) is 31.1. The molecule has 4 N–H and O–H groups in total. The summed E-state index contributed by atoms with van der Waals surface area (Å²) in [7, 11) is 0. The third kappa shape index (κ3) is 32.7. The molecule has 0 radical (unpaired) electrons. The Kier molecular flexibility index (Phi) is 34.4. The number of nitrogens with one attached hydrogen (secondary N) is 1. The highest BCUT2D eigenvalue weighted by atomic mass is 16.5. The molecule has 0 bridgehead atoms. The molecule has 0 saturated carbocycles. The van der Waals surface area contributed by atoms with Crippen LogP contribution in [0.1, 0.15) is 219 Å². The molecule has 0 aromatic rings. The number of nitrogens with two attached hydrogens (primary N) is 1. The summed E-state index contributed by atoms with van der Waals surface area (Å²) in [5.74, 6) is -1.22. The molecule has 278 valence electrons. The summed E-state index contributed by atoms with van der Waals surface area (Å²) >= 11 is 0. The number of rotatable bonds is 37. The van der Waals surface area contributed by atoms with E-state index in [4.69, 9.17) is 10.5 Å². The maximum Gasteiger partial charge on any atom is 0.326 e. The number of ether oxygens (including phenoxy) is 1. The molecule has 0 fully saturated rings. The molecular weight excluding hydrogens is 588 g/mol. The number of carboxylic acid groups (broad SMARTS) is 1. The van der Waals surface area contributed by atoms with Crippen molar-refractivity contribution in [3.05, 3.63) is 0 Å². The van der Waals surface area contributed by atoms with Crippen molar-refractivity contribution in [3.8, 4) is 0 Å². The van der Waals surface area contributed by atoms with Crippen molar-refractivity contribution in [2.75, 3.05) is 6.54 Å². The number of unbranched alkanes of at least 4 members (excludes halogenated alkanes) is 23. The number of carbonyl (C=O) groups excluding carboxylic acids is 2. The molecule has 7 nitrogen and oxygen atoms in total. The summed E-state index contributed by atoms with van der Waals surface area (Å²) in [5, 5.41) is 11.9. The van der Waals surface area contributed by atoms with Gasteiger partial charge in [0.15, 0.2) is 0 Å². The van der Waals surface area contributed by atoms with Crippen molar-refractivity contribution >= 4 is 17.8 Å². The van der Waals surface area contributed by atoms with Gasteiger partial charge in [-0.05, 0) is 57.9 Å². The summed E-state index contributed by atoms with van der Waals surface area (Å²) in [5.41, 5.74) is 5.47. The molecule has 0 aliphatic heterocycles. The minimum Gasteiger partial charge on any atom is -0.480 e. The van der Waals surface area contributed by atoms with Gasteiger partial charge in [-0.15, -0.1) is 0 Å². The first-order chi connectivity index (χ1) is 22.9. The lowest BCUT2D eigenvalue weighted by atomic mass is 10.0. The van der Waals surface area contributed by atoms with Crippen molar-refractivity contribution in [2.45, 2.75) is 231 Å². The van der Waals surface area contributed by atoms with Crippen LogP contribution in [0.5, 0.6) is 0 Å². The lowest BCUT2D eigenvalue weighted by Gasteiger charge is -2.18. The zero-order chi connectivity index (χ0) is 34.6. The number of hydrogen-bond donors (Lipinski definition) is 3. The molecule has 1 amide bonds. The first-order valence-electron chi connectivity index (χ1n) is 20.4. The van der Waals surface area contributed by atoms with Gasteiger partial charge in [-0.1, -0.05) is 155 Å². The Labute approximate surface area is 290 Å². The first-order valence-corrected chi connectivity index (χ1v) is 20.4. The maximum atomic E-state index is 12.7. The summed E-state index contributed by atoms with van der Waals surface area (Å²) < 4.78 is 6.01. The monoisotopic (exact) mass is 667 g/mol. The van der Waals surface area contributed by atoms with E-state index in [9.17, 15) is 19.5 Å². The van der Waals surface area contributed by atoms with E-state index in [1.807, 2.05) is 0 Å². The van der Waals surface area contributed by atoms with Crippen LogP contribution in [0.4, 0.5) is 0 Å². The number of hydrogen-bond acceptors (Lipinski definition) is 5. The van der Waals surface area contributed by atoms with E-state index in [0.29, 0.717) is 32.2 Å². The predicted octanol–water partition coefficient (Wildman–Crippen LogP) is 10.9. The molecule has 0 aromatic carbocycles. The number of carbonyl (C=O) groups is 3. The molecule has 0 heterocycles. The Hall–Kier alpha value is -1.63. The summed E-state index contributed by atoms with van der Waals surface area (Å²) in [4.78, 5) is 36.2. The van der Waals surface area contributed by atoms with E-state index in [1.54, 1.807) is 0 Å². The molecule has 0 rings (SSSR count). The van der Waals surface area contributed by atoms with Gasteiger partial charge in [-0.3, -0.25) is 9.59 Å². The standard InChI is InChI=1S/C40H78N2O5/c1-3-5-7-9-11-13-14-15-16-17-18-21-25-30-36(47-39(44)34-28-24-19-12-10-8-6-4-2)31-26-22-20-23-27-33-38(43)42-37(40(45)46)32-29-35-41/h36-37H,3-35,41H2,1-2H3,(H,42,43)(H,45,46). The van der Waals surface area contributed by atoms with Gasteiger partial charge in [0.25, 0.3) is 0 Å². The van der Waals surface area contributed by atoms with Gasteiger partial charge in [0, 0.05) is 12.8 Å². The van der Waals surface area contributed by atoms with E-state index in [-0.39, 0.29) is 18.0 Å². The average molecular weight is 667 g/mol. The van der Waals surface area contributed by atoms with E-state index in [0.717, 1.165) is 64.2 Å². The van der Waals surface area contributed by atoms with Crippen molar-refractivity contribution in [2.24, 2.45) is 5.73 Å². The van der Waals surface area contributed by atoms with E-state index >= 15 is 0 Å². The Bertz CT molecular complexity index is 717. The second-order valence-corrected chi connectivity index (χ2v) is 14.1. The molecule has 0 aliphatic rings. The van der Waals surface area contributed by atoms with Crippen LogP contribution >= 0.6 is 0 Å². The Morgan fingerprint density at radius 2 is 0.915 bits per heavy atom. The molecule has 2 atom stereocenters. The van der Waals surface area contributed by atoms with Crippen molar-refractivity contribution in [1.82, 2.24) is 5.32 Å². The predicted molar refractivity (Wildman–Crippen MR) is 198 cm³/mol. The summed E-state index contributed by atoms with van der Waals surface area (Å²) in [6, 6.07) is -0.851. The second-order valence-electron chi connectivity index (χ2n) is 14.1. The maximum absolute atomic E-state index is 12.7. The largest absolute Gasteiger partial charge is 0.480 e. The SMILES string of the molecule is CCCCCCCCCCCCCCCC(CCCCCCCC(=O)NC(CCCN)C(=O)O)OC(=O)CCCCCCCCCC. The van der Waals surface area contributed by atoms with E-state index in [2.05, 4.69) is 19.2 Å². The number of carboxylic acids is 1. The van der Waals surface area contributed by atoms with Gasteiger partial charge in [-0.2, -0.15) is 0 Å². The summed E-state index contributed by atoms with van der Waals surface area (Å²) in [6.07, 6.45) is 35.7. The van der Waals surface area contributed by atoms with Crippen molar-refractivity contribution < 1.29 is 24.2 Å². The normalized spacial score (nSPS) is 12.6. The number of amides is 1. The third-order valence-corrected chi connectivity index (χ3v) is 9.42. The van der Waals surface area contributed by atoms with Gasteiger partial charge >= 0.3 is 11.9 Å². The van der Waals surface area contributed by atoms with Gasteiger partial charge in [0.05, 0.1) is 0 Å². The zero-order valence-corrected chi connectivity index (χ0v) is 31.1. The Morgan fingerprint density at radius 3 is 1.32 bits per heavy atom. The molecule has 0 spiro atoms. The van der Waals surface area contributed by atoms with Crippen LogP contribution in [-0.4, -0.2) is 41.6 Å². The topological polar surface area (TPSA) is 119 Å². The molecule has 7 heteroatoms. The van der Waals surface area contributed by atoms with Gasteiger partial charge < -0.3 is 20.9 Å². The average Bonchev–Trinajstić information content (AvgIpc) is 3.05. The lowest BCUT2D eigenvalue weighted by Crippen LogP contribution is -2.40. The van der Waals surface area contributed by atoms with Crippen LogP contribution in [0.25, 0.3) is 0 Å². The number of aliphatic carboxylic acids is 1. The fraction of sp³-hybridized carbons (Fsp3) is 0.925. The Morgan fingerprint density at radius 1 is 0.532 bits per heavy atom. The second kappa shape index (κ2) is 35.7. The van der Waals surface area contributed by atoms with Crippen LogP contribution in [0.15, 0.2) is 0 Å². The fourth-order valence-corrected chi connectivity index (χ4v) is 6.33. The van der Waals surface area contributed by atoms with Crippen LogP contribution < -0.4 is 11.1 Å². The van der Waals surface area contributed by atoms with Crippen molar-refractivity contribution in [3.63, 3.8) is 0 Å². The number of esters is 1. The highest BCUT2D eigenvalue weighted by Crippen LogP contribution is 2.19. The van der Waals surface area contributed by atoms with Gasteiger partial charge in [0.2, 0.25) is 5.91 Å². The highest BCUT2D eigenvalue weighted by molar-refractivity contribution is 5.83. The van der Waals surface area contributed by atoms with Crippen LogP contribution in [0.2, 0.25) is 0 Å². The molecule has 2 unspecified atom stereocenters. The Balaban J connectivity index is 4.27. The van der Waals surface area contributed by atoms with Crippen LogP contribution in [0.3, 0.4) is 0 Å².